The van der Waals surface area contributed by atoms with Gasteiger partial charge >= 0.3 is 0 Å². The lowest BCUT2D eigenvalue weighted by Crippen LogP contribution is -2.40. The van der Waals surface area contributed by atoms with Crippen LogP contribution in [0.3, 0.4) is 0 Å². The quantitative estimate of drug-likeness (QED) is 0.833. The molecule has 116 valence electrons. The van der Waals surface area contributed by atoms with E-state index in [2.05, 4.69) is 49.9 Å². The second kappa shape index (κ2) is 6.08. The number of hydrogen-bond donors (Lipinski definition) is 0. The van der Waals surface area contributed by atoms with Crippen LogP contribution in [0.5, 0.6) is 0 Å². The average Bonchev–Trinajstić information content (AvgIpc) is 2.46. The predicted molar refractivity (Wildman–Crippen MR) is 88.8 cm³/mol. The van der Waals surface area contributed by atoms with E-state index in [9.17, 15) is 4.79 Å². The van der Waals surface area contributed by atoms with Crippen molar-refractivity contribution in [2.45, 2.75) is 39.0 Å². The van der Waals surface area contributed by atoms with Crippen molar-refractivity contribution >= 4 is 11.6 Å². The summed E-state index contributed by atoms with van der Waals surface area (Å²) in [6, 6.07) is 8.89. The number of nitrogens with zero attached hydrogens (tertiary/aromatic N) is 2. The zero-order valence-corrected chi connectivity index (χ0v) is 14.0. The van der Waals surface area contributed by atoms with E-state index in [1.54, 1.807) is 4.90 Å². The van der Waals surface area contributed by atoms with Crippen LogP contribution in [0.2, 0.25) is 0 Å². The minimum Gasteiger partial charge on any atom is -0.371 e. The zero-order valence-electron chi connectivity index (χ0n) is 14.0. The van der Waals surface area contributed by atoms with Gasteiger partial charge in [0.2, 0.25) is 5.91 Å². The van der Waals surface area contributed by atoms with Crippen molar-refractivity contribution in [2.24, 2.45) is 5.92 Å². The Morgan fingerprint density at radius 2 is 1.62 bits per heavy atom. The van der Waals surface area contributed by atoms with Crippen molar-refractivity contribution in [1.29, 1.82) is 0 Å². The van der Waals surface area contributed by atoms with Gasteiger partial charge in [0.25, 0.3) is 0 Å². The van der Waals surface area contributed by atoms with E-state index in [1.807, 2.05) is 14.1 Å². The lowest BCUT2D eigenvalue weighted by molar-refractivity contribution is -0.133. The Kier molecular flexibility index (Phi) is 4.60. The first-order valence-corrected chi connectivity index (χ1v) is 7.85. The molecule has 0 radical (unpaired) electrons. The fraction of sp³-hybridized carbons (Fsp3) is 0.611. The Balaban J connectivity index is 1.98. The van der Waals surface area contributed by atoms with Crippen molar-refractivity contribution in [3.05, 3.63) is 29.8 Å². The minimum absolute atomic E-state index is 0.198. The molecule has 3 heteroatoms. The minimum atomic E-state index is 0.198. The summed E-state index contributed by atoms with van der Waals surface area (Å²) in [7, 11) is 3.69. The van der Waals surface area contributed by atoms with Crippen LogP contribution in [-0.4, -0.2) is 38.0 Å². The van der Waals surface area contributed by atoms with Crippen LogP contribution in [0.1, 0.15) is 39.2 Å². The summed E-state index contributed by atoms with van der Waals surface area (Å²) in [6.45, 7) is 8.65. The smallest absolute Gasteiger partial charge is 0.225 e. The van der Waals surface area contributed by atoms with E-state index in [0.717, 1.165) is 25.9 Å². The molecule has 1 aromatic carbocycles. The molecule has 21 heavy (non-hydrogen) atoms. The van der Waals surface area contributed by atoms with E-state index in [1.165, 1.54) is 11.3 Å². The van der Waals surface area contributed by atoms with Crippen LogP contribution in [0.25, 0.3) is 0 Å². The number of anilines is 1. The molecule has 2 rings (SSSR count). The van der Waals surface area contributed by atoms with Crippen LogP contribution in [0.4, 0.5) is 5.69 Å². The maximum absolute atomic E-state index is 12.0. The number of rotatable bonds is 2. The summed E-state index contributed by atoms with van der Waals surface area (Å²) in [5.74, 6) is 0.475. The highest BCUT2D eigenvalue weighted by Gasteiger charge is 2.26. The molecule has 0 N–H and O–H groups in total. The number of carbonyl (C=O) groups excluding carboxylic acids is 1. The van der Waals surface area contributed by atoms with E-state index >= 15 is 0 Å². The molecule has 0 aromatic heterocycles. The number of amides is 1. The van der Waals surface area contributed by atoms with Crippen LogP contribution >= 0.6 is 0 Å². The Labute approximate surface area is 128 Å². The number of benzene rings is 1. The fourth-order valence-corrected chi connectivity index (χ4v) is 2.92. The van der Waals surface area contributed by atoms with Crippen molar-refractivity contribution in [3.63, 3.8) is 0 Å². The molecule has 1 aromatic rings. The van der Waals surface area contributed by atoms with Gasteiger partial charge in [-0.3, -0.25) is 4.79 Å². The van der Waals surface area contributed by atoms with Crippen LogP contribution in [-0.2, 0) is 10.2 Å². The maximum atomic E-state index is 12.0. The molecule has 0 unspecified atom stereocenters. The van der Waals surface area contributed by atoms with Crippen LogP contribution < -0.4 is 4.90 Å². The molecule has 1 amide bonds. The summed E-state index contributed by atoms with van der Waals surface area (Å²) in [4.78, 5) is 16.1. The molecule has 0 bridgehead atoms. The first-order chi connectivity index (χ1) is 9.79. The fourth-order valence-electron chi connectivity index (χ4n) is 2.92. The highest BCUT2D eigenvalue weighted by atomic mass is 16.2. The predicted octanol–water partition coefficient (Wildman–Crippen LogP) is 3.29. The average molecular weight is 288 g/mol. The van der Waals surface area contributed by atoms with E-state index in [0.29, 0.717) is 0 Å². The summed E-state index contributed by atoms with van der Waals surface area (Å²) < 4.78 is 0. The van der Waals surface area contributed by atoms with Gasteiger partial charge in [0.1, 0.15) is 0 Å². The van der Waals surface area contributed by atoms with Gasteiger partial charge in [-0.2, -0.15) is 0 Å². The van der Waals surface area contributed by atoms with Crippen molar-refractivity contribution in [2.75, 3.05) is 32.1 Å². The number of hydrogen-bond acceptors (Lipinski definition) is 2. The number of carbonyl (C=O) groups is 1. The Morgan fingerprint density at radius 3 is 2.05 bits per heavy atom. The standard InChI is InChI=1S/C18H28N2O/c1-18(2,3)15-6-8-16(9-7-15)20-12-10-14(11-13-20)17(21)19(4)5/h6-9,14H,10-13H2,1-5H3. The van der Waals surface area contributed by atoms with Crippen LogP contribution in [0, 0.1) is 5.92 Å². The van der Waals surface area contributed by atoms with Crippen molar-refractivity contribution in [3.8, 4) is 0 Å². The van der Waals surface area contributed by atoms with Gasteiger partial charge in [-0.25, -0.2) is 0 Å². The Hall–Kier alpha value is -1.51. The van der Waals surface area contributed by atoms with Gasteiger partial charge in [-0.1, -0.05) is 32.9 Å². The lowest BCUT2D eigenvalue weighted by atomic mass is 9.87. The highest BCUT2D eigenvalue weighted by Crippen LogP contribution is 2.27. The summed E-state index contributed by atoms with van der Waals surface area (Å²) in [6.07, 6.45) is 1.91. The van der Waals surface area contributed by atoms with Gasteiger partial charge in [0.05, 0.1) is 0 Å². The SMILES string of the molecule is CN(C)C(=O)C1CCN(c2ccc(C(C)(C)C)cc2)CC1. The second-order valence-electron chi connectivity index (χ2n) is 7.29. The molecule has 0 aliphatic carbocycles. The molecule has 0 saturated carbocycles. The molecule has 1 aliphatic rings. The van der Waals surface area contributed by atoms with E-state index in [4.69, 9.17) is 0 Å². The lowest BCUT2D eigenvalue weighted by Gasteiger charge is -2.34. The van der Waals surface area contributed by atoms with Crippen molar-refractivity contribution < 1.29 is 4.79 Å². The van der Waals surface area contributed by atoms with Gasteiger partial charge in [-0.15, -0.1) is 0 Å². The first kappa shape index (κ1) is 15.9. The molecule has 1 fully saturated rings. The van der Waals surface area contributed by atoms with Crippen molar-refractivity contribution in [1.82, 2.24) is 4.90 Å². The summed E-state index contributed by atoms with van der Waals surface area (Å²) in [5, 5.41) is 0. The monoisotopic (exact) mass is 288 g/mol. The van der Waals surface area contributed by atoms with E-state index in [-0.39, 0.29) is 17.2 Å². The molecule has 1 heterocycles. The normalized spacial score (nSPS) is 16.9. The Bertz CT molecular complexity index is 477. The van der Waals surface area contributed by atoms with Gasteiger partial charge < -0.3 is 9.80 Å². The molecule has 0 spiro atoms. The van der Waals surface area contributed by atoms with Gasteiger partial charge in [0.15, 0.2) is 0 Å². The molecular weight excluding hydrogens is 260 g/mol. The zero-order chi connectivity index (χ0) is 15.6. The van der Waals surface area contributed by atoms with Crippen LogP contribution in [0.15, 0.2) is 24.3 Å². The van der Waals surface area contributed by atoms with Gasteiger partial charge in [-0.05, 0) is 36.0 Å². The topological polar surface area (TPSA) is 23.6 Å². The summed E-state index contributed by atoms with van der Waals surface area (Å²) in [5.41, 5.74) is 2.84. The number of piperidine rings is 1. The van der Waals surface area contributed by atoms with E-state index < -0.39 is 0 Å². The molecule has 1 aliphatic heterocycles. The largest absolute Gasteiger partial charge is 0.371 e. The molecule has 3 nitrogen and oxygen atoms in total. The maximum Gasteiger partial charge on any atom is 0.225 e. The second-order valence-corrected chi connectivity index (χ2v) is 7.29. The molecule has 0 atom stereocenters. The highest BCUT2D eigenvalue weighted by molar-refractivity contribution is 5.78. The van der Waals surface area contributed by atoms with Gasteiger partial charge in [0, 0.05) is 38.8 Å². The third-order valence-electron chi connectivity index (χ3n) is 4.38. The summed E-state index contributed by atoms with van der Waals surface area (Å²) >= 11 is 0. The third-order valence-corrected chi connectivity index (χ3v) is 4.38. The molecular formula is C18H28N2O. The first-order valence-electron chi connectivity index (χ1n) is 7.85. The third kappa shape index (κ3) is 3.78. The molecule has 1 saturated heterocycles. The Morgan fingerprint density at radius 1 is 1.10 bits per heavy atom.